The molecule has 0 radical (unpaired) electrons. The van der Waals surface area contributed by atoms with Gasteiger partial charge in [-0.3, -0.25) is 19.3 Å². The summed E-state index contributed by atoms with van der Waals surface area (Å²) in [5.74, 6) is -1.67. The number of pyridine rings is 1. The lowest BCUT2D eigenvalue weighted by atomic mass is 9.83. The zero-order valence-corrected chi connectivity index (χ0v) is 21.8. The third-order valence-corrected chi connectivity index (χ3v) is 7.56. The van der Waals surface area contributed by atoms with Crippen LogP contribution >= 0.6 is 0 Å². The second-order valence-corrected chi connectivity index (χ2v) is 10.2. The first-order valence-electron chi connectivity index (χ1n) is 12.7. The van der Waals surface area contributed by atoms with Crippen molar-refractivity contribution < 1.29 is 28.9 Å². The Morgan fingerprint density at radius 3 is 2.46 bits per heavy atom. The van der Waals surface area contributed by atoms with E-state index in [1.54, 1.807) is 12.1 Å². The number of hydrogen-bond donors (Lipinski definition) is 3. The van der Waals surface area contributed by atoms with Crippen molar-refractivity contribution in [3.8, 4) is 23.0 Å². The van der Waals surface area contributed by atoms with Crippen molar-refractivity contribution in [2.75, 3.05) is 27.3 Å². The molecule has 3 aromatic rings. The predicted molar refractivity (Wildman–Crippen MR) is 140 cm³/mol. The van der Waals surface area contributed by atoms with Gasteiger partial charge in [-0.1, -0.05) is 6.07 Å². The summed E-state index contributed by atoms with van der Waals surface area (Å²) in [7, 11) is 2.73. The lowest BCUT2D eigenvalue weighted by molar-refractivity contribution is -0.118. The van der Waals surface area contributed by atoms with E-state index in [4.69, 9.17) is 19.6 Å². The van der Waals surface area contributed by atoms with Gasteiger partial charge in [-0.15, -0.1) is 0 Å². The van der Waals surface area contributed by atoms with Crippen LogP contribution in [0, 0.1) is 5.92 Å². The van der Waals surface area contributed by atoms with E-state index < -0.39 is 23.0 Å². The van der Waals surface area contributed by atoms with Crippen molar-refractivity contribution in [2.45, 2.75) is 37.8 Å². The number of methoxy groups -OCH3 is 2. The van der Waals surface area contributed by atoms with Crippen molar-refractivity contribution in [1.29, 1.82) is 0 Å². The quantitative estimate of drug-likeness (QED) is 0.390. The highest BCUT2D eigenvalue weighted by Crippen LogP contribution is 2.43. The number of phenols is 1. The van der Waals surface area contributed by atoms with Crippen LogP contribution in [-0.4, -0.2) is 52.9 Å². The lowest BCUT2D eigenvalue weighted by Gasteiger charge is -2.42. The Balaban J connectivity index is 1.49. The number of nitrogens with zero attached hydrogens (tertiary/aromatic N) is 2. The Morgan fingerprint density at radius 1 is 1.08 bits per heavy atom. The van der Waals surface area contributed by atoms with Crippen molar-refractivity contribution >= 4 is 5.91 Å². The van der Waals surface area contributed by atoms with Gasteiger partial charge < -0.3 is 34.4 Å². The third kappa shape index (κ3) is 5.09. The summed E-state index contributed by atoms with van der Waals surface area (Å²) >= 11 is 0. The number of aromatic hydroxyl groups is 2. The number of primary amides is 1. The molecule has 11 heteroatoms. The summed E-state index contributed by atoms with van der Waals surface area (Å²) in [6.07, 6.45) is 0.701. The van der Waals surface area contributed by atoms with Gasteiger partial charge in [0, 0.05) is 49.8 Å². The normalized spacial score (nSPS) is 19.2. The van der Waals surface area contributed by atoms with Gasteiger partial charge >= 0.3 is 0 Å². The molecule has 0 unspecified atom stereocenters. The molecule has 2 aromatic heterocycles. The summed E-state index contributed by atoms with van der Waals surface area (Å²) in [5.41, 5.74) is 6.29. The predicted octanol–water partition coefficient (Wildman–Crippen LogP) is 1.86. The number of fused-ring (bicyclic) bond motifs is 4. The Morgan fingerprint density at radius 2 is 1.79 bits per heavy atom. The van der Waals surface area contributed by atoms with E-state index in [9.17, 15) is 24.6 Å². The third-order valence-electron chi connectivity index (χ3n) is 7.56. The molecule has 0 saturated carbocycles. The number of aromatic nitrogens is 1. The summed E-state index contributed by atoms with van der Waals surface area (Å²) in [5, 5.41) is 21.1. The van der Waals surface area contributed by atoms with Gasteiger partial charge in [0.05, 0.1) is 26.7 Å². The number of hydrogen-bond acceptors (Lipinski definition) is 9. The van der Waals surface area contributed by atoms with E-state index in [0.717, 1.165) is 12.1 Å². The maximum Gasteiger partial charge on any atom is 0.250 e. The van der Waals surface area contributed by atoms with Crippen LogP contribution in [0.5, 0.6) is 23.0 Å². The number of amides is 1. The molecule has 3 atom stereocenters. The zero-order valence-electron chi connectivity index (χ0n) is 21.8. The highest BCUT2D eigenvalue weighted by molar-refractivity contribution is 5.75. The molecule has 206 valence electrons. The highest BCUT2D eigenvalue weighted by Gasteiger charge is 2.35. The number of piperidine rings is 1. The number of carbonyl (C=O) groups excluding carboxylic acids is 1. The monoisotopic (exact) mass is 537 g/mol. The number of nitrogens with two attached hydrogens (primary N) is 1. The first kappa shape index (κ1) is 26.4. The van der Waals surface area contributed by atoms with E-state index in [1.165, 1.54) is 32.4 Å². The van der Waals surface area contributed by atoms with Crippen molar-refractivity contribution in [1.82, 2.24) is 9.47 Å². The van der Waals surface area contributed by atoms with E-state index in [2.05, 4.69) is 4.90 Å². The smallest absolute Gasteiger partial charge is 0.250 e. The molecular weight excluding hydrogens is 506 g/mol. The van der Waals surface area contributed by atoms with Crippen molar-refractivity contribution in [3.05, 3.63) is 79.8 Å². The Labute approximate surface area is 224 Å². The molecule has 4 N–H and O–H groups in total. The highest BCUT2D eigenvalue weighted by atomic mass is 16.5. The SMILES string of the molecule is COc1cc([C@H](CC(N)=O)c2oc(CN3C[C@H]4C[C@@H](C3)c3cccc(=O)n3C4)cc(=O)c2O)cc(OC)c1O. The van der Waals surface area contributed by atoms with Crippen LogP contribution in [0.2, 0.25) is 0 Å². The fourth-order valence-corrected chi connectivity index (χ4v) is 5.89. The van der Waals surface area contributed by atoms with E-state index >= 15 is 0 Å². The molecule has 5 rings (SSSR count). The van der Waals surface area contributed by atoms with Crippen LogP contribution in [0.3, 0.4) is 0 Å². The number of benzene rings is 1. The molecule has 0 spiro atoms. The van der Waals surface area contributed by atoms with Gasteiger partial charge in [-0.2, -0.15) is 0 Å². The lowest BCUT2D eigenvalue weighted by Crippen LogP contribution is -2.46. The Bertz CT molecular complexity index is 1500. The van der Waals surface area contributed by atoms with E-state index in [-0.39, 0.29) is 46.8 Å². The second kappa shape index (κ2) is 10.5. The van der Waals surface area contributed by atoms with Crippen LogP contribution in [0.15, 0.2) is 50.4 Å². The van der Waals surface area contributed by atoms with Gasteiger partial charge in [0.25, 0.3) is 5.56 Å². The van der Waals surface area contributed by atoms with E-state index in [0.29, 0.717) is 37.5 Å². The van der Waals surface area contributed by atoms with Gasteiger partial charge in [0.15, 0.2) is 17.3 Å². The summed E-state index contributed by atoms with van der Waals surface area (Å²) in [6, 6.07) is 9.55. The molecule has 11 nitrogen and oxygen atoms in total. The van der Waals surface area contributed by atoms with E-state index in [1.807, 2.05) is 10.6 Å². The molecule has 4 heterocycles. The number of phenolic OH excluding ortho intramolecular Hbond substituents is 1. The largest absolute Gasteiger partial charge is 0.502 e. The maximum absolute atomic E-state index is 12.8. The fraction of sp³-hybridized carbons (Fsp3) is 0.393. The molecule has 1 aromatic carbocycles. The second-order valence-electron chi connectivity index (χ2n) is 10.2. The number of ether oxygens (including phenoxy) is 2. The number of carbonyl (C=O) groups is 1. The molecular formula is C28H31N3O8. The molecule has 2 aliphatic heterocycles. The average molecular weight is 538 g/mol. The van der Waals surface area contributed by atoms with Crippen molar-refractivity contribution in [3.63, 3.8) is 0 Å². The molecule has 2 aliphatic rings. The summed E-state index contributed by atoms with van der Waals surface area (Å²) in [4.78, 5) is 39.4. The van der Waals surface area contributed by atoms with Crippen LogP contribution in [0.25, 0.3) is 0 Å². The zero-order chi connectivity index (χ0) is 27.8. The molecule has 1 fully saturated rings. The fourth-order valence-electron chi connectivity index (χ4n) is 5.89. The average Bonchev–Trinajstić information content (AvgIpc) is 2.90. The standard InChI is InChI=1S/C28H31N3O8/c1-37-22-7-16(8-23(38-2)27(22)36)19(10-24(29)33)28-26(35)21(32)9-18(39-28)14-30-11-15-6-17(13-30)20-4-3-5-25(34)31(20)12-15/h3-5,7-9,15,17,19,35-36H,6,10-14H2,1-2H3,(H2,29,33)/t15-,17+,19+/m1/s1. The minimum atomic E-state index is -0.946. The summed E-state index contributed by atoms with van der Waals surface area (Å²) < 4.78 is 18.4. The van der Waals surface area contributed by atoms with Crippen LogP contribution in [0.1, 0.15) is 47.5 Å². The van der Waals surface area contributed by atoms with Crippen LogP contribution < -0.4 is 26.2 Å². The molecule has 0 aliphatic carbocycles. The van der Waals surface area contributed by atoms with Gasteiger partial charge in [0.2, 0.25) is 22.8 Å². The topological polar surface area (TPSA) is 157 Å². The molecule has 39 heavy (non-hydrogen) atoms. The molecule has 1 amide bonds. The van der Waals surface area contributed by atoms with Crippen molar-refractivity contribution in [2.24, 2.45) is 11.7 Å². The molecule has 2 bridgehead atoms. The first-order valence-corrected chi connectivity index (χ1v) is 12.7. The van der Waals surface area contributed by atoms with Gasteiger partial charge in [0.1, 0.15) is 5.76 Å². The summed E-state index contributed by atoms with van der Waals surface area (Å²) in [6.45, 7) is 2.33. The van der Waals surface area contributed by atoms with Crippen LogP contribution in [0.4, 0.5) is 0 Å². The Kier molecular flexibility index (Phi) is 7.09. The van der Waals surface area contributed by atoms with Gasteiger partial charge in [-0.25, -0.2) is 0 Å². The maximum atomic E-state index is 12.8. The number of rotatable bonds is 8. The minimum absolute atomic E-state index is 0.00723. The minimum Gasteiger partial charge on any atom is -0.502 e. The Hall–Kier alpha value is -4.25. The number of likely N-dealkylation sites (tertiary alicyclic amines) is 1. The first-order chi connectivity index (χ1) is 18.7. The van der Waals surface area contributed by atoms with Crippen LogP contribution in [-0.2, 0) is 17.9 Å². The van der Waals surface area contributed by atoms with Gasteiger partial charge in [-0.05, 0) is 36.1 Å². The molecule has 1 saturated heterocycles.